The number of hydrogen-bond donors (Lipinski definition) is 1. The number of nitrogens with one attached hydrogen (secondary N) is 1. The lowest BCUT2D eigenvalue weighted by molar-refractivity contribution is -0.133. The van der Waals surface area contributed by atoms with Crippen LogP contribution in [-0.4, -0.2) is 37.2 Å². The molecule has 0 bridgehead atoms. The van der Waals surface area contributed by atoms with Crippen LogP contribution in [0, 0.1) is 11.8 Å². The summed E-state index contributed by atoms with van der Waals surface area (Å²) < 4.78 is 4.40. The normalized spacial score (nSPS) is 16.9. The zero-order valence-electron chi connectivity index (χ0n) is 8.34. The standard InChI is InChI=1S/C10H15NO2S/c1-13-10(12)3-2-6-11-9-4-7-14-8-5-9/h9,11H,4-8H2,1H3. The topological polar surface area (TPSA) is 38.3 Å². The summed E-state index contributed by atoms with van der Waals surface area (Å²) in [5, 5.41) is 3.31. The lowest BCUT2D eigenvalue weighted by Gasteiger charge is -2.21. The number of thioether (sulfide) groups is 1. The summed E-state index contributed by atoms with van der Waals surface area (Å²) in [6.07, 6.45) is 2.40. The molecule has 14 heavy (non-hydrogen) atoms. The molecule has 0 aromatic rings. The first-order valence-electron chi connectivity index (χ1n) is 4.71. The zero-order chi connectivity index (χ0) is 10.2. The minimum atomic E-state index is -0.467. The highest BCUT2D eigenvalue weighted by Gasteiger charge is 2.11. The predicted octanol–water partition coefficient (Wildman–Crippen LogP) is 0.648. The maximum Gasteiger partial charge on any atom is 0.384 e. The Morgan fingerprint density at radius 1 is 1.57 bits per heavy atom. The molecular weight excluding hydrogens is 198 g/mol. The van der Waals surface area contributed by atoms with Crippen molar-refractivity contribution in [3.05, 3.63) is 0 Å². The van der Waals surface area contributed by atoms with Crippen LogP contribution in [-0.2, 0) is 9.53 Å². The number of methoxy groups -OCH3 is 1. The summed E-state index contributed by atoms with van der Waals surface area (Å²) in [4.78, 5) is 10.6. The van der Waals surface area contributed by atoms with E-state index in [0.717, 1.165) is 0 Å². The summed E-state index contributed by atoms with van der Waals surface area (Å²) in [5.41, 5.74) is 0. The Labute approximate surface area is 89.0 Å². The molecule has 1 heterocycles. The molecule has 0 aliphatic carbocycles. The van der Waals surface area contributed by atoms with Crippen molar-refractivity contribution in [2.24, 2.45) is 0 Å². The second kappa shape index (κ2) is 6.74. The third kappa shape index (κ3) is 4.54. The number of rotatable bonds is 2. The maximum absolute atomic E-state index is 10.6. The van der Waals surface area contributed by atoms with Crippen LogP contribution in [0.1, 0.15) is 12.8 Å². The third-order valence-electron chi connectivity index (χ3n) is 2.08. The summed E-state index contributed by atoms with van der Waals surface area (Å²) in [7, 11) is 1.34. The highest BCUT2D eigenvalue weighted by molar-refractivity contribution is 7.99. The maximum atomic E-state index is 10.6. The molecule has 3 nitrogen and oxygen atoms in total. The van der Waals surface area contributed by atoms with Crippen LogP contribution < -0.4 is 5.32 Å². The van der Waals surface area contributed by atoms with Crippen LogP contribution in [0.5, 0.6) is 0 Å². The van der Waals surface area contributed by atoms with Gasteiger partial charge in [-0.2, -0.15) is 11.8 Å². The van der Waals surface area contributed by atoms with E-state index in [-0.39, 0.29) is 0 Å². The average Bonchev–Trinajstić information content (AvgIpc) is 2.25. The van der Waals surface area contributed by atoms with E-state index in [1.165, 1.54) is 31.5 Å². The third-order valence-corrected chi connectivity index (χ3v) is 3.13. The first-order chi connectivity index (χ1) is 6.83. The second-order valence-electron chi connectivity index (χ2n) is 3.06. The SMILES string of the molecule is COC(=O)C#CCNC1CCSCC1. The summed E-state index contributed by atoms with van der Waals surface area (Å²) in [6.45, 7) is 0.574. The van der Waals surface area contributed by atoms with Crippen molar-refractivity contribution < 1.29 is 9.53 Å². The van der Waals surface area contributed by atoms with Gasteiger partial charge in [0.25, 0.3) is 0 Å². The highest BCUT2D eigenvalue weighted by Crippen LogP contribution is 2.16. The van der Waals surface area contributed by atoms with Crippen molar-refractivity contribution in [3.63, 3.8) is 0 Å². The van der Waals surface area contributed by atoms with Crippen LogP contribution in [0.25, 0.3) is 0 Å². The van der Waals surface area contributed by atoms with Gasteiger partial charge in [0.05, 0.1) is 13.7 Å². The van der Waals surface area contributed by atoms with Crippen molar-refractivity contribution in [3.8, 4) is 11.8 Å². The van der Waals surface area contributed by atoms with Gasteiger partial charge in [-0.25, -0.2) is 4.79 Å². The van der Waals surface area contributed by atoms with E-state index in [1.54, 1.807) is 0 Å². The van der Waals surface area contributed by atoms with Crippen LogP contribution in [0.3, 0.4) is 0 Å². The van der Waals surface area contributed by atoms with Crippen LogP contribution in [0.15, 0.2) is 0 Å². The van der Waals surface area contributed by atoms with Crippen molar-refractivity contribution in [1.29, 1.82) is 0 Å². The molecule has 0 radical (unpaired) electrons. The Hall–Kier alpha value is -0.660. The molecule has 0 aromatic carbocycles. The Bertz CT molecular complexity index is 238. The Balaban J connectivity index is 2.12. The summed E-state index contributed by atoms with van der Waals surface area (Å²) >= 11 is 2.00. The lowest BCUT2D eigenvalue weighted by Crippen LogP contribution is -2.32. The largest absolute Gasteiger partial charge is 0.459 e. The summed E-state index contributed by atoms with van der Waals surface area (Å²) in [5.74, 6) is 7.12. The van der Waals surface area contributed by atoms with Gasteiger partial charge in [-0.3, -0.25) is 0 Å². The number of hydrogen-bond acceptors (Lipinski definition) is 4. The van der Waals surface area contributed by atoms with Gasteiger partial charge in [0.15, 0.2) is 0 Å². The van der Waals surface area contributed by atoms with Crippen molar-refractivity contribution >= 4 is 17.7 Å². The average molecular weight is 213 g/mol. The van der Waals surface area contributed by atoms with Gasteiger partial charge in [0.1, 0.15) is 0 Å². The molecular formula is C10H15NO2S. The summed E-state index contributed by atoms with van der Waals surface area (Å²) in [6, 6.07) is 0.572. The zero-order valence-corrected chi connectivity index (χ0v) is 9.15. The second-order valence-corrected chi connectivity index (χ2v) is 4.29. The number of carbonyl (C=O) groups excluding carboxylic acids is 1. The molecule has 1 rings (SSSR count). The first kappa shape index (κ1) is 11.4. The monoisotopic (exact) mass is 213 g/mol. The van der Waals surface area contributed by atoms with Gasteiger partial charge in [0, 0.05) is 12.0 Å². The van der Waals surface area contributed by atoms with E-state index in [4.69, 9.17) is 0 Å². The van der Waals surface area contributed by atoms with Gasteiger partial charge in [-0.15, -0.1) is 0 Å². The highest BCUT2D eigenvalue weighted by atomic mass is 32.2. The Kier molecular flexibility index (Phi) is 5.50. The van der Waals surface area contributed by atoms with Crippen LogP contribution in [0.2, 0.25) is 0 Å². The van der Waals surface area contributed by atoms with E-state index in [0.29, 0.717) is 12.6 Å². The van der Waals surface area contributed by atoms with E-state index in [2.05, 4.69) is 21.9 Å². The van der Waals surface area contributed by atoms with Crippen molar-refractivity contribution in [2.75, 3.05) is 25.2 Å². The van der Waals surface area contributed by atoms with Gasteiger partial charge in [-0.05, 0) is 24.3 Å². The lowest BCUT2D eigenvalue weighted by atomic mass is 10.1. The number of ether oxygens (including phenoxy) is 1. The fourth-order valence-electron chi connectivity index (χ4n) is 1.26. The fraction of sp³-hybridized carbons (Fsp3) is 0.700. The molecule has 0 aromatic heterocycles. The molecule has 0 saturated carbocycles. The molecule has 0 amide bonds. The number of carbonyl (C=O) groups is 1. The van der Waals surface area contributed by atoms with Crippen molar-refractivity contribution in [1.82, 2.24) is 5.32 Å². The molecule has 0 spiro atoms. The van der Waals surface area contributed by atoms with Crippen LogP contribution >= 0.6 is 11.8 Å². The Morgan fingerprint density at radius 2 is 2.29 bits per heavy atom. The van der Waals surface area contributed by atoms with Gasteiger partial charge < -0.3 is 10.1 Å². The minimum Gasteiger partial charge on any atom is -0.459 e. The molecule has 1 aliphatic heterocycles. The van der Waals surface area contributed by atoms with Gasteiger partial charge in [-0.1, -0.05) is 5.92 Å². The molecule has 1 N–H and O–H groups in total. The van der Waals surface area contributed by atoms with Crippen LogP contribution in [0.4, 0.5) is 0 Å². The predicted molar refractivity (Wildman–Crippen MR) is 58.1 cm³/mol. The molecule has 4 heteroatoms. The fourth-order valence-corrected chi connectivity index (χ4v) is 2.37. The van der Waals surface area contributed by atoms with Crippen molar-refractivity contribution in [2.45, 2.75) is 18.9 Å². The van der Waals surface area contributed by atoms with Gasteiger partial charge >= 0.3 is 5.97 Å². The number of esters is 1. The molecule has 1 fully saturated rings. The van der Waals surface area contributed by atoms with Gasteiger partial charge in [0.2, 0.25) is 0 Å². The van der Waals surface area contributed by atoms with E-state index in [1.807, 2.05) is 11.8 Å². The minimum absolute atomic E-state index is 0.467. The first-order valence-corrected chi connectivity index (χ1v) is 5.86. The molecule has 1 aliphatic rings. The molecule has 0 atom stereocenters. The van der Waals surface area contributed by atoms with E-state index < -0.39 is 5.97 Å². The molecule has 0 unspecified atom stereocenters. The van der Waals surface area contributed by atoms with E-state index in [9.17, 15) is 4.79 Å². The Morgan fingerprint density at radius 3 is 2.93 bits per heavy atom. The quantitative estimate of drug-likeness (QED) is 0.415. The molecule has 78 valence electrons. The molecule has 1 saturated heterocycles. The van der Waals surface area contributed by atoms with E-state index >= 15 is 0 Å². The smallest absolute Gasteiger partial charge is 0.384 e.